The molecular weight excluding hydrogens is 319 g/mol. The summed E-state index contributed by atoms with van der Waals surface area (Å²) >= 11 is 12.0. The van der Waals surface area contributed by atoms with Gasteiger partial charge in [0.25, 0.3) is 5.91 Å². The van der Waals surface area contributed by atoms with Gasteiger partial charge in [0.2, 0.25) is 0 Å². The normalized spacial score (nSPS) is 12.0. The Morgan fingerprint density at radius 3 is 2.59 bits per heavy atom. The summed E-state index contributed by atoms with van der Waals surface area (Å²) in [6.45, 7) is 3.23. The predicted octanol–water partition coefficient (Wildman–Crippen LogP) is 2.96. The van der Waals surface area contributed by atoms with Crippen LogP contribution in [-0.2, 0) is 11.3 Å². The number of quaternary nitrogens is 1. The van der Waals surface area contributed by atoms with Gasteiger partial charge in [-0.15, -0.1) is 0 Å². The number of hydrogen-bond acceptors (Lipinski definition) is 1. The van der Waals surface area contributed by atoms with Crippen molar-refractivity contribution in [3.63, 3.8) is 0 Å². The third-order valence-electron chi connectivity index (χ3n) is 3.44. The molecule has 1 unspecified atom stereocenters. The smallest absolute Gasteiger partial charge is 0.279 e. The van der Waals surface area contributed by atoms with E-state index in [2.05, 4.69) is 24.4 Å². The molecule has 1 atom stereocenters. The van der Waals surface area contributed by atoms with Crippen molar-refractivity contribution in [3.05, 3.63) is 63.6 Å². The minimum Gasteiger partial charge on any atom is -0.326 e. The van der Waals surface area contributed by atoms with Gasteiger partial charge in [-0.25, -0.2) is 0 Å². The molecule has 5 heteroatoms. The fourth-order valence-corrected chi connectivity index (χ4v) is 2.61. The van der Waals surface area contributed by atoms with Crippen molar-refractivity contribution < 1.29 is 9.69 Å². The number of nitrogens with one attached hydrogen (secondary N) is 2. The van der Waals surface area contributed by atoms with E-state index in [4.69, 9.17) is 23.2 Å². The zero-order valence-electron chi connectivity index (χ0n) is 12.6. The molecule has 116 valence electrons. The van der Waals surface area contributed by atoms with E-state index in [-0.39, 0.29) is 5.91 Å². The molecular formula is C17H19Cl2N2O+. The second-order valence-corrected chi connectivity index (χ2v) is 6.17. The maximum Gasteiger partial charge on any atom is 0.279 e. The summed E-state index contributed by atoms with van der Waals surface area (Å²) < 4.78 is 0. The average Bonchev–Trinajstić information content (AvgIpc) is 2.46. The molecule has 0 aliphatic heterocycles. The first-order valence-electron chi connectivity index (χ1n) is 7.07. The summed E-state index contributed by atoms with van der Waals surface area (Å²) in [7, 11) is 1.99. The van der Waals surface area contributed by atoms with Gasteiger partial charge in [-0.2, -0.15) is 0 Å². The van der Waals surface area contributed by atoms with E-state index < -0.39 is 0 Å². The number of hydrogen-bond donors (Lipinski definition) is 2. The standard InChI is InChI=1S/C17H18Cl2N2O/c1-12-6-3-4-7-13(12)10-21(2)11-16(22)20-15-9-5-8-14(18)17(15)19/h3-9H,10-11H2,1-2H3,(H,20,22)/p+1. The fourth-order valence-electron chi connectivity index (χ4n) is 2.26. The van der Waals surface area contributed by atoms with Gasteiger partial charge >= 0.3 is 0 Å². The first kappa shape index (κ1) is 16.8. The zero-order chi connectivity index (χ0) is 16.1. The number of benzene rings is 2. The van der Waals surface area contributed by atoms with E-state index in [1.165, 1.54) is 11.1 Å². The van der Waals surface area contributed by atoms with Crippen molar-refractivity contribution >= 4 is 34.8 Å². The van der Waals surface area contributed by atoms with E-state index in [9.17, 15) is 4.79 Å². The lowest BCUT2D eigenvalue weighted by molar-refractivity contribution is -0.885. The molecule has 0 heterocycles. The number of likely N-dealkylation sites (N-methyl/N-ethyl adjacent to an activating group) is 1. The highest BCUT2D eigenvalue weighted by atomic mass is 35.5. The number of halogens is 2. The third-order valence-corrected chi connectivity index (χ3v) is 4.26. The van der Waals surface area contributed by atoms with Crippen LogP contribution in [0.3, 0.4) is 0 Å². The Balaban J connectivity index is 1.94. The predicted molar refractivity (Wildman–Crippen MR) is 91.7 cm³/mol. The Labute approximate surface area is 140 Å². The molecule has 1 amide bonds. The van der Waals surface area contributed by atoms with Gasteiger partial charge in [0.05, 0.1) is 22.8 Å². The summed E-state index contributed by atoms with van der Waals surface area (Å²) in [4.78, 5) is 13.2. The van der Waals surface area contributed by atoms with Gasteiger partial charge < -0.3 is 10.2 Å². The van der Waals surface area contributed by atoms with Crippen molar-refractivity contribution in [2.75, 3.05) is 18.9 Å². The lowest BCUT2D eigenvalue weighted by atomic mass is 10.1. The van der Waals surface area contributed by atoms with Crippen LogP contribution in [0.4, 0.5) is 5.69 Å². The monoisotopic (exact) mass is 337 g/mol. The number of anilines is 1. The van der Waals surface area contributed by atoms with E-state index in [1.54, 1.807) is 18.2 Å². The van der Waals surface area contributed by atoms with E-state index in [1.807, 2.05) is 19.2 Å². The van der Waals surface area contributed by atoms with Crippen molar-refractivity contribution in [2.24, 2.45) is 0 Å². The SMILES string of the molecule is Cc1ccccc1C[NH+](C)CC(=O)Nc1cccc(Cl)c1Cl. The summed E-state index contributed by atoms with van der Waals surface area (Å²) in [5, 5.41) is 3.61. The Bertz CT molecular complexity index is 673. The van der Waals surface area contributed by atoms with Crippen LogP contribution in [-0.4, -0.2) is 19.5 Å². The van der Waals surface area contributed by atoms with Crippen LogP contribution in [0.1, 0.15) is 11.1 Å². The van der Waals surface area contributed by atoms with Gasteiger partial charge in [0, 0.05) is 5.56 Å². The molecule has 22 heavy (non-hydrogen) atoms. The van der Waals surface area contributed by atoms with Crippen LogP contribution in [0.2, 0.25) is 10.0 Å². The molecule has 0 saturated heterocycles. The average molecular weight is 338 g/mol. The Morgan fingerprint density at radius 2 is 1.86 bits per heavy atom. The minimum absolute atomic E-state index is 0.0877. The molecule has 0 saturated carbocycles. The zero-order valence-corrected chi connectivity index (χ0v) is 14.1. The van der Waals surface area contributed by atoms with Crippen LogP contribution in [0.15, 0.2) is 42.5 Å². The molecule has 0 aliphatic carbocycles. The molecule has 0 fully saturated rings. The van der Waals surface area contributed by atoms with Crippen LogP contribution in [0.5, 0.6) is 0 Å². The molecule has 0 spiro atoms. The van der Waals surface area contributed by atoms with Crippen LogP contribution in [0, 0.1) is 6.92 Å². The van der Waals surface area contributed by atoms with Crippen molar-refractivity contribution in [1.82, 2.24) is 0 Å². The Kier molecular flexibility index (Phi) is 5.83. The molecule has 0 aliphatic rings. The summed E-state index contributed by atoms with van der Waals surface area (Å²) in [5.41, 5.74) is 3.02. The number of aryl methyl sites for hydroxylation is 1. The highest BCUT2D eigenvalue weighted by Gasteiger charge is 2.13. The Morgan fingerprint density at radius 1 is 1.14 bits per heavy atom. The maximum atomic E-state index is 12.1. The van der Waals surface area contributed by atoms with Crippen LogP contribution < -0.4 is 10.2 Å². The molecule has 2 aromatic rings. The van der Waals surface area contributed by atoms with Gasteiger partial charge in [-0.1, -0.05) is 53.5 Å². The lowest BCUT2D eigenvalue weighted by Crippen LogP contribution is -3.08. The Hall–Kier alpha value is -1.55. The molecule has 2 aromatic carbocycles. The lowest BCUT2D eigenvalue weighted by Gasteiger charge is -2.15. The number of carbonyl (C=O) groups is 1. The second kappa shape index (κ2) is 7.63. The molecule has 2 N–H and O–H groups in total. The second-order valence-electron chi connectivity index (χ2n) is 5.39. The summed E-state index contributed by atoms with van der Waals surface area (Å²) in [5.74, 6) is -0.0877. The topological polar surface area (TPSA) is 33.5 Å². The third kappa shape index (κ3) is 4.47. The van der Waals surface area contributed by atoms with Crippen LogP contribution in [0.25, 0.3) is 0 Å². The summed E-state index contributed by atoms with van der Waals surface area (Å²) in [6, 6.07) is 13.4. The van der Waals surface area contributed by atoms with Crippen molar-refractivity contribution in [1.29, 1.82) is 0 Å². The quantitative estimate of drug-likeness (QED) is 0.864. The van der Waals surface area contributed by atoms with Gasteiger partial charge in [-0.3, -0.25) is 4.79 Å². The highest BCUT2D eigenvalue weighted by Crippen LogP contribution is 2.29. The van der Waals surface area contributed by atoms with Crippen LogP contribution >= 0.6 is 23.2 Å². The van der Waals surface area contributed by atoms with E-state index in [0.717, 1.165) is 11.4 Å². The van der Waals surface area contributed by atoms with Gasteiger partial charge in [0.1, 0.15) is 6.54 Å². The largest absolute Gasteiger partial charge is 0.326 e. The minimum atomic E-state index is -0.0877. The van der Waals surface area contributed by atoms with Gasteiger partial charge in [0.15, 0.2) is 6.54 Å². The highest BCUT2D eigenvalue weighted by molar-refractivity contribution is 6.43. The molecule has 0 bridgehead atoms. The van der Waals surface area contributed by atoms with Crippen molar-refractivity contribution in [2.45, 2.75) is 13.5 Å². The molecule has 2 rings (SSSR count). The fraction of sp³-hybridized carbons (Fsp3) is 0.235. The number of amides is 1. The first-order valence-corrected chi connectivity index (χ1v) is 7.82. The number of rotatable bonds is 5. The maximum absolute atomic E-state index is 12.1. The van der Waals surface area contributed by atoms with E-state index in [0.29, 0.717) is 22.3 Å². The number of carbonyl (C=O) groups excluding carboxylic acids is 1. The van der Waals surface area contributed by atoms with E-state index >= 15 is 0 Å². The van der Waals surface area contributed by atoms with Gasteiger partial charge in [-0.05, 0) is 24.6 Å². The molecule has 0 radical (unpaired) electrons. The van der Waals surface area contributed by atoms with Crippen molar-refractivity contribution in [3.8, 4) is 0 Å². The molecule has 0 aromatic heterocycles. The molecule has 3 nitrogen and oxygen atoms in total. The first-order chi connectivity index (χ1) is 10.5. The summed E-state index contributed by atoms with van der Waals surface area (Å²) in [6.07, 6.45) is 0.